The molecule has 1 aromatic rings. The molecule has 0 unspecified atom stereocenters. The summed E-state index contributed by atoms with van der Waals surface area (Å²) >= 11 is 2.00. The first kappa shape index (κ1) is 12.7. The summed E-state index contributed by atoms with van der Waals surface area (Å²) in [5, 5.41) is 3.48. The van der Waals surface area contributed by atoms with Crippen molar-refractivity contribution in [3.05, 3.63) is 18.1 Å². The van der Waals surface area contributed by atoms with E-state index in [0.717, 1.165) is 24.5 Å². The van der Waals surface area contributed by atoms with Gasteiger partial charge < -0.3 is 5.32 Å². The number of anilines is 1. The number of aryl methyl sites for hydroxylation is 1. The molecular weight excluding hydrogens is 230 g/mol. The lowest BCUT2D eigenvalue weighted by Gasteiger charge is -2.27. The van der Waals surface area contributed by atoms with Crippen molar-refractivity contribution in [3.8, 4) is 0 Å². The summed E-state index contributed by atoms with van der Waals surface area (Å²) < 4.78 is 0.428. The van der Waals surface area contributed by atoms with E-state index < -0.39 is 0 Å². The molecule has 0 amide bonds. The summed E-state index contributed by atoms with van der Waals surface area (Å²) in [6.07, 6.45) is 10.2. The van der Waals surface area contributed by atoms with Crippen LogP contribution in [0.2, 0.25) is 0 Å². The Morgan fingerprint density at radius 1 is 1.35 bits per heavy atom. The Labute approximate surface area is 108 Å². The van der Waals surface area contributed by atoms with Crippen LogP contribution in [0.1, 0.15) is 38.3 Å². The van der Waals surface area contributed by atoms with Crippen LogP contribution in [0.15, 0.2) is 12.4 Å². The van der Waals surface area contributed by atoms with E-state index in [-0.39, 0.29) is 0 Å². The molecule has 1 fully saturated rings. The minimum absolute atomic E-state index is 0.428. The third-order valence-corrected chi connectivity index (χ3v) is 5.04. The van der Waals surface area contributed by atoms with E-state index in [1.807, 2.05) is 11.8 Å². The molecule has 1 heterocycles. The second-order valence-corrected chi connectivity index (χ2v) is 5.97. The summed E-state index contributed by atoms with van der Waals surface area (Å²) in [4.78, 5) is 8.50. The highest BCUT2D eigenvalue weighted by atomic mass is 32.2. The average molecular weight is 251 g/mol. The van der Waals surface area contributed by atoms with Gasteiger partial charge in [0.05, 0.1) is 0 Å². The van der Waals surface area contributed by atoms with Gasteiger partial charge in [0.25, 0.3) is 0 Å². The number of aromatic nitrogens is 2. The molecule has 0 bridgehead atoms. The Balaban J connectivity index is 1.96. The Kier molecular flexibility index (Phi) is 4.26. The Morgan fingerprint density at radius 2 is 2.12 bits per heavy atom. The molecule has 0 spiro atoms. The van der Waals surface area contributed by atoms with Crippen molar-refractivity contribution in [1.29, 1.82) is 0 Å². The van der Waals surface area contributed by atoms with E-state index in [1.165, 1.54) is 25.7 Å². The van der Waals surface area contributed by atoms with Gasteiger partial charge in [-0.2, -0.15) is 11.8 Å². The standard InChI is InChI=1S/C13H21N3S/c1-3-11-8-12(16-10-15-11)14-9-13(17-2)6-4-5-7-13/h8,10H,3-7,9H2,1-2H3,(H,14,15,16). The van der Waals surface area contributed by atoms with Crippen LogP contribution in [-0.2, 0) is 6.42 Å². The van der Waals surface area contributed by atoms with Gasteiger partial charge in [-0.3, -0.25) is 0 Å². The van der Waals surface area contributed by atoms with Gasteiger partial charge in [-0.05, 0) is 25.5 Å². The monoisotopic (exact) mass is 251 g/mol. The summed E-state index contributed by atoms with van der Waals surface area (Å²) in [6.45, 7) is 3.14. The maximum absolute atomic E-state index is 4.28. The van der Waals surface area contributed by atoms with Crippen molar-refractivity contribution in [3.63, 3.8) is 0 Å². The molecule has 0 aliphatic heterocycles. The van der Waals surface area contributed by atoms with Crippen molar-refractivity contribution >= 4 is 17.6 Å². The molecule has 0 radical (unpaired) electrons. The largest absolute Gasteiger partial charge is 0.369 e. The Bertz CT molecular complexity index is 361. The number of hydrogen-bond acceptors (Lipinski definition) is 4. The third kappa shape index (κ3) is 3.12. The van der Waals surface area contributed by atoms with E-state index >= 15 is 0 Å². The zero-order valence-electron chi connectivity index (χ0n) is 10.7. The summed E-state index contributed by atoms with van der Waals surface area (Å²) in [7, 11) is 0. The molecule has 1 aliphatic carbocycles. The average Bonchev–Trinajstić information content (AvgIpc) is 2.86. The maximum atomic E-state index is 4.28. The molecule has 1 aromatic heterocycles. The van der Waals surface area contributed by atoms with Gasteiger partial charge in [0.2, 0.25) is 0 Å². The summed E-state index contributed by atoms with van der Waals surface area (Å²) in [5.41, 5.74) is 1.10. The smallest absolute Gasteiger partial charge is 0.129 e. The van der Waals surface area contributed by atoms with Crippen molar-refractivity contribution in [2.45, 2.75) is 43.8 Å². The Hall–Kier alpha value is -0.770. The fraction of sp³-hybridized carbons (Fsp3) is 0.692. The predicted molar refractivity (Wildman–Crippen MR) is 74.6 cm³/mol. The fourth-order valence-corrected chi connectivity index (χ4v) is 3.33. The molecule has 0 atom stereocenters. The van der Waals surface area contributed by atoms with Crippen LogP contribution in [0.5, 0.6) is 0 Å². The molecule has 94 valence electrons. The first-order valence-electron chi connectivity index (χ1n) is 6.38. The summed E-state index contributed by atoms with van der Waals surface area (Å²) in [5.74, 6) is 0.970. The van der Waals surface area contributed by atoms with Crippen molar-refractivity contribution in [2.24, 2.45) is 0 Å². The number of hydrogen-bond donors (Lipinski definition) is 1. The van der Waals surface area contributed by atoms with Gasteiger partial charge >= 0.3 is 0 Å². The lowest BCUT2D eigenvalue weighted by atomic mass is 10.1. The molecule has 1 saturated carbocycles. The predicted octanol–water partition coefficient (Wildman–Crippen LogP) is 3.13. The number of nitrogens with one attached hydrogen (secondary N) is 1. The number of thioether (sulfide) groups is 1. The minimum atomic E-state index is 0.428. The van der Waals surface area contributed by atoms with Gasteiger partial charge in [0, 0.05) is 23.1 Å². The third-order valence-electron chi connectivity index (χ3n) is 3.63. The normalized spacial score (nSPS) is 18.2. The Morgan fingerprint density at radius 3 is 2.76 bits per heavy atom. The van der Waals surface area contributed by atoms with Crippen molar-refractivity contribution < 1.29 is 0 Å². The second kappa shape index (κ2) is 5.71. The first-order valence-corrected chi connectivity index (χ1v) is 7.60. The molecule has 1 aliphatic rings. The van der Waals surface area contributed by atoms with E-state index in [2.05, 4.69) is 34.5 Å². The molecule has 3 nitrogen and oxygen atoms in total. The van der Waals surface area contributed by atoms with E-state index in [1.54, 1.807) is 6.33 Å². The highest BCUT2D eigenvalue weighted by molar-refractivity contribution is 8.00. The highest BCUT2D eigenvalue weighted by Gasteiger charge is 2.32. The second-order valence-electron chi connectivity index (χ2n) is 4.70. The van der Waals surface area contributed by atoms with E-state index in [9.17, 15) is 0 Å². The zero-order valence-corrected chi connectivity index (χ0v) is 11.5. The van der Waals surface area contributed by atoms with Gasteiger partial charge in [-0.15, -0.1) is 0 Å². The van der Waals surface area contributed by atoms with E-state index in [0.29, 0.717) is 4.75 Å². The quantitative estimate of drug-likeness (QED) is 0.872. The number of nitrogens with zero attached hydrogens (tertiary/aromatic N) is 2. The van der Waals surface area contributed by atoms with Crippen LogP contribution in [-0.4, -0.2) is 27.5 Å². The lowest BCUT2D eigenvalue weighted by molar-refractivity contribution is 0.638. The fourth-order valence-electron chi connectivity index (χ4n) is 2.41. The van der Waals surface area contributed by atoms with Crippen molar-refractivity contribution in [1.82, 2.24) is 9.97 Å². The molecule has 17 heavy (non-hydrogen) atoms. The van der Waals surface area contributed by atoms with Crippen LogP contribution in [0.25, 0.3) is 0 Å². The molecule has 0 saturated heterocycles. The molecule has 1 N–H and O–H groups in total. The van der Waals surface area contributed by atoms with Crippen LogP contribution in [0, 0.1) is 0 Å². The number of rotatable bonds is 5. The van der Waals surface area contributed by atoms with Crippen LogP contribution in [0.3, 0.4) is 0 Å². The van der Waals surface area contributed by atoms with E-state index in [4.69, 9.17) is 0 Å². The van der Waals surface area contributed by atoms with Crippen LogP contribution >= 0.6 is 11.8 Å². The minimum Gasteiger partial charge on any atom is -0.369 e. The lowest BCUT2D eigenvalue weighted by Crippen LogP contribution is -2.30. The van der Waals surface area contributed by atoms with Crippen molar-refractivity contribution in [2.75, 3.05) is 18.1 Å². The van der Waals surface area contributed by atoms with Gasteiger partial charge in [0.1, 0.15) is 12.1 Å². The molecule has 0 aromatic carbocycles. The van der Waals surface area contributed by atoms with Gasteiger partial charge in [0.15, 0.2) is 0 Å². The topological polar surface area (TPSA) is 37.8 Å². The van der Waals surface area contributed by atoms with Crippen LogP contribution < -0.4 is 5.32 Å². The summed E-state index contributed by atoms with van der Waals surface area (Å²) in [6, 6.07) is 2.06. The van der Waals surface area contributed by atoms with Gasteiger partial charge in [-0.1, -0.05) is 19.8 Å². The van der Waals surface area contributed by atoms with Gasteiger partial charge in [-0.25, -0.2) is 9.97 Å². The SMILES string of the molecule is CCc1cc(NCC2(SC)CCCC2)ncn1. The van der Waals surface area contributed by atoms with Crippen LogP contribution in [0.4, 0.5) is 5.82 Å². The molecular formula is C13H21N3S. The highest BCUT2D eigenvalue weighted by Crippen LogP contribution is 2.40. The molecule has 2 rings (SSSR count). The zero-order chi connectivity index (χ0) is 12.1. The first-order chi connectivity index (χ1) is 8.28. The molecule has 4 heteroatoms. The maximum Gasteiger partial charge on any atom is 0.129 e.